The zero-order valence-electron chi connectivity index (χ0n) is 9.24. The summed E-state index contributed by atoms with van der Waals surface area (Å²) in [5, 5.41) is 0.00810. The monoisotopic (exact) mass is 269 g/mol. The molecule has 0 amide bonds. The van der Waals surface area contributed by atoms with E-state index in [0.717, 1.165) is 11.1 Å². The summed E-state index contributed by atoms with van der Waals surface area (Å²) in [6, 6.07) is 5.87. The number of halogens is 2. The fraction of sp³-hybridized carbons (Fsp3) is 0.182. The highest BCUT2D eigenvalue weighted by Crippen LogP contribution is 2.22. The summed E-state index contributed by atoms with van der Waals surface area (Å²) in [6.07, 6.45) is 0. The van der Waals surface area contributed by atoms with Gasteiger partial charge in [-0.05, 0) is 60.3 Å². The van der Waals surface area contributed by atoms with Crippen LogP contribution >= 0.6 is 23.2 Å². The molecular formula is C11H9Cl2N3O. The molecule has 1 aromatic heterocycles. The third-order valence-electron chi connectivity index (χ3n) is 1.96. The molecule has 0 aliphatic carbocycles. The molecule has 0 saturated carbocycles. The van der Waals surface area contributed by atoms with Gasteiger partial charge in [0.1, 0.15) is 5.75 Å². The second-order valence-electron chi connectivity index (χ2n) is 3.58. The minimum absolute atomic E-state index is 0.00405. The molecule has 4 nitrogen and oxygen atoms in total. The van der Waals surface area contributed by atoms with E-state index in [1.807, 2.05) is 32.0 Å². The Hall–Kier alpha value is -1.39. The van der Waals surface area contributed by atoms with Gasteiger partial charge in [0.05, 0.1) is 0 Å². The molecule has 0 saturated heterocycles. The van der Waals surface area contributed by atoms with E-state index >= 15 is 0 Å². The molecule has 0 atom stereocenters. The van der Waals surface area contributed by atoms with Crippen molar-refractivity contribution in [3.05, 3.63) is 39.9 Å². The van der Waals surface area contributed by atoms with Crippen LogP contribution in [0.4, 0.5) is 0 Å². The average molecular weight is 270 g/mol. The average Bonchev–Trinajstić information content (AvgIpc) is 2.13. The lowest BCUT2D eigenvalue weighted by atomic mass is 10.1. The fourth-order valence-electron chi connectivity index (χ4n) is 1.45. The molecule has 2 rings (SSSR count). The zero-order valence-corrected chi connectivity index (χ0v) is 10.7. The number of nitrogens with zero attached hydrogens (tertiary/aromatic N) is 3. The Kier molecular flexibility index (Phi) is 3.45. The molecule has 0 N–H and O–H groups in total. The molecule has 0 fully saturated rings. The molecule has 6 heteroatoms. The van der Waals surface area contributed by atoms with E-state index in [9.17, 15) is 0 Å². The summed E-state index contributed by atoms with van der Waals surface area (Å²) in [7, 11) is 0. The van der Waals surface area contributed by atoms with Gasteiger partial charge < -0.3 is 4.74 Å². The summed E-state index contributed by atoms with van der Waals surface area (Å²) in [6.45, 7) is 3.96. The number of hydrogen-bond acceptors (Lipinski definition) is 4. The maximum Gasteiger partial charge on any atom is 0.327 e. The van der Waals surface area contributed by atoms with Gasteiger partial charge in [-0.3, -0.25) is 0 Å². The van der Waals surface area contributed by atoms with Crippen molar-refractivity contribution in [1.82, 2.24) is 15.0 Å². The van der Waals surface area contributed by atoms with Crippen molar-refractivity contribution in [2.24, 2.45) is 0 Å². The first-order chi connectivity index (χ1) is 8.02. The predicted octanol–water partition coefficient (Wildman–Crippen LogP) is 3.59. The topological polar surface area (TPSA) is 47.9 Å². The highest BCUT2D eigenvalue weighted by atomic mass is 35.5. The molecule has 0 unspecified atom stereocenters. The van der Waals surface area contributed by atoms with Gasteiger partial charge in [0.2, 0.25) is 10.6 Å². The first-order valence-corrected chi connectivity index (χ1v) is 5.62. The van der Waals surface area contributed by atoms with Gasteiger partial charge in [-0.2, -0.15) is 15.0 Å². The van der Waals surface area contributed by atoms with Crippen molar-refractivity contribution in [3.8, 4) is 11.8 Å². The van der Waals surface area contributed by atoms with E-state index in [-0.39, 0.29) is 16.6 Å². The zero-order chi connectivity index (χ0) is 12.4. The maximum atomic E-state index is 5.65. The van der Waals surface area contributed by atoms with E-state index in [1.54, 1.807) is 0 Å². The number of hydrogen-bond donors (Lipinski definition) is 0. The van der Waals surface area contributed by atoms with Crippen molar-refractivity contribution < 1.29 is 4.74 Å². The Bertz CT molecular complexity index is 470. The third-order valence-corrected chi connectivity index (χ3v) is 2.30. The van der Waals surface area contributed by atoms with Crippen LogP contribution in [0.15, 0.2) is 18.2 Å². The Morgan fingerprint density at radius 1 is 0.882 bits per heavy atom. The molecule has 0 bridgehead atoms. The Morgan fingerprint density at radius 3 is 1.94 bits per heavy atom. The lowest BCUT2D eigenvalue weighted by Gasteiger charge is -2.06. The first-order valence-electron chi connectivity index (χ1n) is 4.86. The molecule has 0 radical (unpaired) electrons. The predicted molar refractivity (Wildman–Crippen MR) is 65.8 cm³/mol. The summed E-state index contributed by atoms with van der Waals surface area (Å²) < 4.78 is 5.47. The van der Waals surface area contributed by atoms with Gasteiger partial charge in [0.25, 0.3) is 0 Å². The van der Waals surface area contributed by atoms with Crippen molar-refractivity contribution in [3.63, 3.8) is 0 Å². The minimum atomic E-state index is 0.00405. The van der Waals surface area contributed by atoms with Crippen molar-refractivity contribution in [2.75, 3.05) is 0 Å². The molecule has 1 heterocycles. The molecule has 1 aromatic carbocycles. The molecule has 0 spiro atoms. The van der Waals surface area contributed by atoms with Gasteiger partial charge in [0.15, 0.2) is 0 Å². The lowest BCUT2D eigenvalue weighted by Crippen LogP contribution is -1.95. The van der Waals surface area contributed by atoms with E-state index in [1.165, 1.54) is 0 Å². The van der Waals surface area contributed by atoms with Gasteiger partial charge in [-0.1, -0.05) is 6.07 Å². The first kappa shape index (κ1) is 12.1. The van der Waals surface area contributed by atoms with Gasteiger partial charge >= 0.3 is 6.01 Å². The second kappa shape index (κ2) is 4.85. The molecule has 88 valence electrons. The van der Waals surface area contributed by atoms with Crippen LogP contribution in [0.25, 0.3) is 0 Å². The minimum Gasteiger partial charge on any atom is -0.424 e. The van der Waals surface area contributed by atoms with Crippen LogP contribution in [0, 0.1) is 13.8 Å². The Morgan fingerprint density at radius 2 is 1.41 bits per heavy atom. The number of ether oxygens (including phenoxy) is 1. The molecule has 2 aromatic rings. The second-order valence-corrected chi connectivity index (χ2v) is 4.26. The number of aromatic nitrogens is 3. The quantitative estimate of drug-likeness (QED) is 0.836. The van der Waals surface area contributed by atoms with Crippen molar-refractivity contribution in [2.45, 2.75) is 13.8 Å². The normalized spacial score (nSPS) is 10.4. The van der Waals surface area contributed by atoms with Crippen LogP contribution in [0.2, 0.25) is 10.6 Å². The summed E-state index contributed by atoms with van der Waals surface area (Å²) in [4.78, 5) is 11.3. The van der Waals surface area contributed by atoms with Crippen LogP contribution in [0.5, 0.6) is 11.8 Å². The van der Waals surface area contributed by atoms with E-state index in [0.29, 0.717) is 5.75 Å². The van der Waals surface area contributed by atoms with Gasteiger partial charge in [0, 0.05) is 0 Å². The van der Waals surface area contributed by atoms with Crippen LogP contribution in [0.3, 0.4) is 0 Å². The lowest BCUT2D eigenvalue weighted by molar-refractivity contribution is 0.439. The van der Waals surface area contributed by atoms with E-state index in [4.69, 9.17) is 27.9 Å². The molecule has 0 aliphatic rings. The Balaban J connectivity index is 2.31. The fourth-order valence-corrected chi connectivity index (χ4v) is 1.80. The number of rotatable bonds is 2. The SMILES string of the molecule is Cc1cc(C)cc(Oc2nc(Cl)nc(Cl)n2)c1. The van der Waals surface area contributed by atoms with Crippen molar-refractivity contribution >= 4 is 23.2 Å². The maximum absolute atomic E-state index is 5.65. The van der Waals surface area contributed by atoms with Gasteiger partial charge in [-0.25, -0.2) is 0 Å². The van der Waals surface area contributed by atoms with E-state index < -0.39 is 0 Å². The van der Waals surface area contributed by atoms with Crippen LogP contribution in [-0.2, 0) is 0 Å². The van der Waals surface area contributed by atoms with Crippen LogP contribution < -0.4 is 4.74 Å². The van der Waals surface area contributed by atoms with Crippen LogP contribution in [0.1, 0.15) is 11.1 Å². The third kappa shape index (κ3) is 3.28. The van der Waals surface area contributed by atoms with Gasteiger partial charge in [-0.15, -0.1) is 0 Å². The largest absolute Gasteiger partial charge is 0.424 e. The number of benzene rings is 1. The van der Waals surface area contributed by atoms with Crippen LogP contribution in [-0.4, -0.2) is 15.0 Å². The summed E-state index contributed by atoms with van der Waals surface area (Å²) >= 11 is 11.3. The molecule has 0 aliphatic heterocycles. The highest BCUT2D eigenvalue weighted by molar-refractivity contribution is 6.31. The smallest absolute Gasteiger partial charge is 0.327 e. The summed E-state index contributed by atoms with van der Waals surface area (Å²) in [5.74, 6) is 0.640. The highest BCUT2D eigenvalue weighted by Gasteiger charge is 2.06. The molecular weight excluding hydrogens is 261 g/mol. The summed E-state index contributed by atoms with van der Waals surface area (Å²) in [5.41, 5.74) is 2.18. The standard InChI is InChI=1S/C11H9Cl2N3O/c1-6-3-7(2)5-8(4-6)17-11-15-9(12)14-10(13)16-11/h3-5H,1-2H3. The molecule has 17 heavy (non-hydrogen) atoms. The Labute approximate surface area is 109 Å². The van der Waals surface area contributed by atoms with E-state index in [2.05, 4.69) is 15.0 Å². The van der Waals surface area contributed by atoms with Crippen molar-refractivity contribution in [1.29, 1.82) is 0 Å². The number of aryl methyl sites for hydroxylation is 2.